The van der Waals surface area contributed by atoms with Gasteiger partial charge in [0.15, 0.2) is 0 Å². The molecule has 0 aliphatic carbocycles. The molecule has 17 nitrogen and oxygen atoms in total. The fraction of sp³-hybridized carbons (Fsp3) is 0.364. The minimum atomic E-state index is -0.881. The number of ketones is 1. The largest absolute Gasteiger partial charge is 0.491 e. The van der Waals surface area contributed by atoms with Crippen LogP contribution in [0.3, 0.4) is 0 Å². The first-order valence-corrected chi connectivity index (χ1v) is 31.5. The monoisotopic (exact) mass is 1280 g/mol. The van der Waals surface area contributed by atoms with Crippen molar-refractivity contribution in [1.82, 2.24) is 0 Å². The first-order chi connectivity index (χ1) is 45.1. The Bertz CT molecular complexity index is 3570. The van der Waals surface area contributed by atoms with Gasteiger partial charge in [0.2, 0.25) is 0 Å². The molecule has 0 N–H and O–H groups in total. The molecule has 498 valence electrons. The minimum Gasteiger partial charge on any atom is -0.491 e. The number of carbonyl (C=O) groups excluding carboxylic acids is 5. The lowest BCUT2D eigenvalue weighted by Gasteiger charge is -2.26. The molecule has 0 spiro atoms. The van der Waals surface area contributed by atoms with Crippen LogP contribution in [0.5, 0.6) is 34.5 Å². The highest BCUT2D eigenvalue weighted by atomic mass is 16.6. The van der Waals surface area contributed by atoms with Gasteiger partial charge in [0.1, 0.15) is 106 Å². The molecular formula is C77H88O17. The van der Waals surface area contributed by atoms with E-state index < -0.39 is 35.2 Å². The van der Waals surface area contributed by atoms with Crippen molar-refractivity contribution in [2.75, 3.05) is 86.9 Å². The normalized spacial score (nSPS) is 12.2. The van der Waals surface area contributed by atoms with Gasteiger partial charge in [0.25, 0.3) is 0 Å². The highest BCUT2D eigenvalue weighted by Crippen LogP contribution is 2.37. The fourth-order valence-corrected chi connectivity index (χ4v) is 10.2. The van der Waals surface area contributed by atoms with Gasteiger partial charge >= 0.3 is 23.9 Å². The average Bonchev–Trinajstić information content (AvgIpc) is 0.894. The summed E-state index contributed by atoms with van der Waals surface area (Å²) in [5.74, 6) is 0.186. The van der Waals surface area contributed by atoms with E-state index in [1.165, 1.54) is 25.1 Å². The topological polar surface area (TPSA) is 196 Å². The summed E-state index contributed by atoms with van der Waals surface area (Å²) in [7, 11) is 3.29. The second-order valence-corrected chi connectivity index (χ2v) is 24.0. The van der Waals surface area contributed by atoms with Crippen LogP contribution in [0.4, 0.5) is 0 Å². The predicted molar refractivity (Wildman–Crippen MR) is 358 cm³/mol. The van der Waals surface area contributed by atoms with E-state index in [9.17, 15) is 24.0 Å². The van der Waals surface area contributed by atoms with Crippen LogP contribution in [0.1, 0.15) is 133 Å². The van der Waals surface area contributed by atoms with E-state index >= 15 is 0 Å². The van der Waals surface area contributed by atoms with Crippen molar-refractivity contribution in [3.05, 3.63) is 226 Å². The zero-order valence-electron chi connectivity index (χ0n) is 55.8. The van der Waals surface area contributed by atoms with E-state index in [4.69, 9.17) is 56.8 Å². The predicted octanol–water partition coefficient (Wildman–Crippen LogP) is 13.9. The van der Waals surface area contributed by atoms with E-state index in [-0.39, 0.29) is 98.7 Å². The third kappa shape index (κ3) is 20.8. The molecule has 0 saturated heterocycles. The summed E-state index contributed by atoms with van der Waals surface area (Å²) in [4.78, 5) is 65.2. The van der Waals surface area contributed by atoms with Gasteiger partial charge in [-0.2, -0.15) is 0 Å². The first-order valence-electron chi connectivity index (χ1n) is 31.5. The second kappa shape index (κ2) is 35.0. The second-order valence-electron chi connectivity index (χ2n) is 24.0. The molecule has 0 aromatic heterocycles. The lowest BCUT2D eigenvalue weighted by molar-refractivity contribution is -0.148. The number of allylic oxidation sites excluding steroid dienone is 1. The summed E-state index contributed by atoms with van der Waals surface area (Å²) in [6.45, 7) is 19.1. The molecule has 0 fully saturated rings. The Morgan fingerprint density at radius 3 is 1.04 bits per heavy atom. The summed E-state index contributed by atoms with van der Waals surface area (Å²) in [5, 5.41) is 0. The van der Waals surface area contributed by atoms with Crippen LogP contribution in [-0.4, -0.2) is 123 Å². The number of Topliss-reactive ketones (excluding diaryl/α,β-unsaturated/α-hetero) is 1. The van der Waals surface area contributed by atoms with Crippen molar-refractivity contribution in [3.8, 4) is 34.5 Å². The van der Waals surface area contributed by atoms with Gasteiger partial charge < -0.3 is 56.8 Å². The van der Waals surface area contributed by atoms with Crippen molar-refractivity contribution in [2.45, 2.75) is 91.1 Å². The summed E-state index contributed by atoms with van der Waals surface area (Å²) >= 11 is 0. The van der Waals surface area contributed by atoms with Gasteiger partial charge in [-0.3, -0.25) is 9.59 Å². The van der Waals surface area contributed by atoms with Crippen molar-refractivity contribution in [2.24, 2.45) is 5.92 Å². The summed E-state index contributed by atoms with van der Waals surface area (Å²) < 4.78 is 67.9. The Kier molecular flexibility index (Phi) is 26.8. The van der Waals surface area contributed by atoms with Crippen molar-refractivity contribution in [3.63, 3.8) is 0 Å². The van der Waals surface area contributed by atoms with Crippen molar-refractivity contribution >= 4 is 29.7 Å². The van der Waals surface area contributed by atoms with Crippen molar-refractivity contribution < 1.29 is 80.8 Å². The average molecular weight is 1290 g/mol. The Labute approximate surface area is 552 Å². The zero-order valence-corrected chi connectivity index (χ0v) is 55.8. The Hall–Kier alpha value is -9.45. The minimum absolute atomic E-state index is 0.00442. The lowest BCUT2D eigenvalue weighted by atomic mass is 9.78. The maximum absolute atomic E-state index is 13.9. The van der Waals surface area contributed by atoms with Crippen LogP contribution in [-0.2, 0) is 54.3 Å². The maximum atomic E-state index is 13.9. The summed E-state index contributed by atoms with van der Waals surface area (Å²) in [6.07, 6.45) is 3.46. The van der Waals surface area contributed by atoms with Crippen LogP contribution < -0.4 is 28.4 Å². The van der Waals surface area contributed by atoms with Gasteiger partial charge in [0, 0.05) is 36.9 Å². The molecule has 0 saturated carbocycles. The Balaban J connectivity index is 0.926. The standard InChI is InChI=1S/C77H88O17/c1-12-13-55(50-53(2)78)71(79)90-46-42-86-64-29-17-58(18-30-64)76(6,7)59-19-31-65(32-20-59)87-43-47-91-72(80)56-14-39-69(73(81)92-48-44-88-66-33-23-61(24-34-66)77(8,9)62-25-37-68(38-26-62)94-52-54(3)84-11)70(51-56)74(82)93-49-45-89-67-35-21-60(22-36-67)75(4,5)57-15-27-63(28-16-57)85-41-40-83-10/h12-39,51,54-55H,40-50,52H2,1-11H3/b13-12+. The van der Waals surface area contributed by atoms with E-state index in [1.54, 1.807) is 33.3 Å². The quantitative estimate of drug-likeness (QED) is 0.0154. The smallest absolute Gasteiger partial charge is 0.339 e. The third-order valence-electron chi connectivity index (χ3n) is 16.2. The molecule has 2 atom stereocenters. The molecule has 2 unspecified atom stereocenters. The number of rotatable bonds is 37. The molecule has 7 rings (SSSR count). The maximum Gasteiger partial charge on any atom is 0.339 e. The van der Waals surface area contributed by atoms with Crippen LogP contribution in [0, 0.1) is 5.92 Å². The molecule has 0 aliphatic rings. The van der Waals surface area contributed by atoms with Gasteiger partial charge in [-0.15, -0.1) is 0 Å². The van der Waals surface area contributed by atoms with E-state index in [1.807, 2.05) is 140 Å². The van der Waals surface area contributed by atoms with E-state index in [0.29, 0.717) is 42.8 Å². The number of methoxy groups -OCH3 is 2. The highest BCUT2D eigenvalue weighted by Gasteiger charge is 2.28. The van der Waals surface area contributed by atoms with Crippen LogP contribution in [0.25, 0.3) is 0 Å². The Morgan fingerprint density at radius 1 is 0.394 bits per heavy atom. The highest BCUT2D eigenvalue weighted by molar-refractivity contribution is 6.05. The number of hydrogen-bond acceptors (Lipinski definition) is 17. The number of esters is 4. The van der Waals surface area contributed by atoms with Crippen LogP contribution >= 0.6 is 0 Å². The summed E-state index contributed by atoms with van der Waals surface area (Å²) in [5.41, 5.74) is 4.98. The molecule has 0 amide bonds. The molecule has 7 aromatic carbocycles. The van der Waals surface area contributed by atoms with Crippen LogP contribution in [0.15, 0.2) is 176 Å². The zero-order chi connectivity index (χ0) is 67.7. The first kappa shape index (κ1) is 72.0. The molecule has 0 aliphatic heterocycles. The van der Waals surface area contributed by atoms with Gasteiger partial charge in [-0.25, -0.2) is 14.4 Å². The molecule has 17 heteroatoms. The number of benzene rings is 7. The molecule has 0 radical (unpaired) electrons. The SMILES string of the molecule is C/C=C/C(CC(C)=O)C(=O)OCCOc1ccc(C(C)(C)c2ccc(OCCOC(=O)c3ccc(C(=O)OCCOc4ccc(C(C)(C)c5ccc(OCC(C)OC)cc5)cc4)c(C(=O)OCCOc4ccc(C(C)(C)c5ccc(OCCOC)cc5)cc4)c3)cc2)cc1. The molecule has 94 heavy (non-hydrogen) atoms. The fourth-order valence-electron chi connectivity index (χ4n) is 10.2. The number of carbonyl (C=O) groups is 5. The van der Waals surface area contributed by atoms with Crippen molar-refractivity contribution in [1.29, 1.82) is 0 Å². The molecule has 0 heterocycles. The Morgan fingerprint density at radius 2 is 0.713 bits per heavy atom. The molecular weight excluding hydrogens is 1200 g/mol. The lowest BCUT2D eigenvalue weighted by Crippen LogP contribution is -2.21. The van der Waals surface area contributed by atoms with Gasteiger partial charge in [0.05, 0.1) is 35.3 Å². The van der Waals surface area contributed by atoms with Crippen LogP contribution in [0.2, 0.25) is 0 Å². The van der Waals surface area contributed by atoms with E-state index in [2.05, 4.69) is 53.7 Å². The van der Waals surface area contributed by atoms with Gasteiger partial charge in [-0.1, -0.05) is 126 Å². The number of hydrogen-bond donors (Lipinski definition) is 0. The third-order valence-corrected chi connectivity index (χ3v) is 16.2. The summed E-state index contributed by atoms with van der Waals surface area (Å²) in [6, 6.07) is 50.6. The van der Waals surface area contributed by atoms with Gasteiger partial charge in [-0.05, 0) is 145 Å². The molecule has 0 bridgehead atoms. The number of ether oxygens (including phenoxy) is 12. The van der Waals surface area contributed by atoms with E-state index in [0.717, 1.165) is 44.9 Å². The molecule has 7 aromatic rings.